The molecule has 0 aliphatic heterocycles. The van der Waals surface area contributed by atoms with Crippen LogP contribution in [0, 0.1) is 0 Å². The van der Waals surface area contributed by atoms with Gasteiger partial charge in [-0.25, -0.2) is 0 Å². The molecule has 2 aromatic rings. The second-order valence-electron chi connectivity index (χ2n) is 3.58. The zero-order valence-electron chi connectivity index (χ0n) is 10.9. The highest BCUT2D eigenvalue weighted by Crippen LogP contribution is 2.31. The van der Waals surface area contributed by atoms with E-state index in [0.717, 1.165) is 0 Å². The van der Waals surface area contributed by atoms with Crippen molar-refractivity contribution in [2.24, 2.45) is 0 Å². The summed E-state index contributed by atoms with van der Waals surface area (Å²) in [6.07, 6.45) is 0. The van der Waals surface area contributed by atoms with Crippen molar-refractivity contribution in [2.45, 2.75) is 6.92 Å². The molecule has 0 aliphatic carbocycles. The summed E-state index contributed by atoms with van der Waals surface area (Å²) >= 11 is 11.9. The van der Waals surface area contributed by atoms with Crippen molar-refractivity contribution in [3.8, 4) is 17.8 Å². The van der Waals surface area contributed by atoms with Crippen LogP contribution in [0.2, 0.25) is 10.0 Å². The smallest absolute Gasteiger partial charge is 0.330 e. The molecule has 0 amide bonds. The Kier molecular flexibility index (Phi) is 4.81. The number of nitrogens with zero attached hydrogens (tertiary/aromatic N) is 3. The molecular weight excluding hydrogens is 303 g/mol. The van der Waals surface area contributed by atoms with Crippen molar-refractivity contribution < 1.29 is 9.47 Å². The number of aromatic nitrogens is 3. The second-order valence-corrected chi connectivity index (χ2v) is 4.43. The SMILES string of the molecule is CCOc1nc(NC)nc(Oc2cc(Cl)ccc2Cl)n1. The number of hydrogen-bond acceptors (Lipinski definition) is 6. The average Bonchev–Trinajstić information content (AvgIpc) is 2.43. The summed E-state index contributed by atoms with van der Waals surface area (Å²) < 4.78 is 10.8. The van der Waals surface area contributed by atoms with Crippen molar-refractivity contribution >= 4 is 29.2 Å². The normalized spacial score (nSPS) is 10.2. The van der Waals surface area contributed by atoms with E-state index in [1.807, 2.05) is 6.92 Å². The molecular formula is C12H12Cl2N4O2. The number of benzene rings is 1. The molecule has 1 aromatic carbocycles. The van der Waals surface area contributed by atoms with E-state index >= 15 is 0 Å². The van der Waals surface area contributed by atoms with E-state index in [2.05, 4.69) is 20.3 Å². The first-order chi connectivity index (χ1) is 9.62. The molecule has 6 nitrogen and oxygen atoms in total. The lowest BCUT2D eigenvalue weighted by Crippen LogP contribution is -2.05. The van der Waals surface area contributed by atoms with Gasteiger partial charge in [0.15, 0.2) is 5.75 Å². The summed E-state index contributed by atoms with van der Waals surface area (Å²) in [6.45, 7) is 2.27. The molecule has 0 fully saturated rings. The molecule has 20 heavy (non-hydrogen) atoms. The number of ether oxygens (including phenoxy) is 2. The second kappa shape index (κ2) is 6.58. The monoisotopic (exact) mass is 314 g/mol. The van der Waals surface area contributed by atoms with Gasteiger partial charge in [-0.2, -0.15) is 9.97 Å². The number of halogens is 2. The Balaban J connectivity index is 2.32. The van der Waals surface area contributed by atoms with E-state index in [4.69, 9.17) is 32.7 Å². The van der Waals surface area contributed by atoms with Gasteiger partial charge < -0.3 is 14.8 Å². The Labute approximate surface area is 126 Å². The van der Waals surface area contributed by atoms with Crippen LogP contribution in [0.5, 0.6) is 17.8 Å². The third-order valence-corrected chi connectivity index (χ3v) is 2.73. The van der Waals surface area contributed by atoms with E-state index in [1.54, 1.807) is 25.2 Å². The number of hydrogen-bond donors (Lipinski definition) is 1. The van der Waals surface area contributed by atoms with Gasteiger partial charge in [0.2, 0.25) is 5.95 Å². The van der Waals surface area contributed by atoms with Crippen molar-refractivity contribution in [1.82, 2.24) is 15.0 Å². The molecule has 0 spiro atoms. The maximum absolute atomic E-state index is 6.02. The summed E-state index contributed by atoms with van der Waals surface area (Å²) in [5.74, 6) is 0.687. The number of anilines is 1. The highest BCUT2D eigenvalue weighted by molar-refractivity contribution is 6.34. The maximum atomic E-state index is 6.02. The molecule has 1 heterocycles. The van der Waals surface area contributed by atoms with Crippen LogP contribution in [-0.4, -0.2) is 28.6 Å². The van der Waals surface area contributed by atoms with Crippen LogP contribution in [0.3, 0.4) is 0 Å². The Morgan fingerprint density at radius 3 is 2.60 bits per heavy atom. The van der Waals surface area contributed by atoms with Gasteiger partial charge in [0.25, 0.3) is 0 Å². The van der Waals surface area contributed by atoms with Gasteiger partial charge in [-0.15, -0.1) is 4.98 Å². The van der Waals surface area contributed by atoms with Crippen LogP contribution < -0.4 is 14.8 Å². The molecule has 0 aliphatic rings. The molecule has 0 saturated heterocycles. The Hall–Kier alpha value is -1.79. The van der Waals surface area contributed by atoms with Gasteiger partial charge in [0.05, 0.1) is 11.6 Å². The molecule has 2 rings (SSSR count). The Bertz CT molecular complexity index is 610. The fourth-order valence-corrected chi connectivity index (χ4v) is 1.66. The van der Waals surface area contributed by atoms with Gasteiger partial charge in [-0.05, 0) is 19.1 Å². The van der Waals surface area contributed by atoms with Gasteiger partial charge in [-0.1, -0.05) is 23.2 Å². The summed E-state index contributed by atoms with van der Waals surface area (Å²) in [5, 5.41) is 3.70. The summed E-state index contributed by atoms with van der Waals surface area (Å²) in [6, 6.07) is 5.10. The van der Waals surface area contributed by atoms with E-state index in [9.17, 15) is 0 Å². The topological polar surface area (TPSA) is 69.2 Å². The van der Waals surface area contributed by atoms with Crippen LogP contribution in [0.1, 0.15) is 6.92 Å². The highest BCUT2D eigenvalue weighted by Gasteiger charge is 2.11. The standard InChI is InChI=1S/C12H12Cl2N4O2/c1-3-19-11-16-10(15-2)17-12(18-11)20-9-6-7(13)4-5-8(9)14/h4-6H,3H2,1-2H3,(H,15,16,17,18). The van der Waals surface area contributed by atoms with Gasteiger partial charge in [0, 0.05) is 18.1 Å². The van der Waals surface area contributed by atoms with Gasteiger partial charge >= 0.3 is 12.0 Å². The number of rotatable bonds is 5. The zero-order valence-corrected chi connectivity index (χ0v) is 12.4. The summed E-state index contributed by atoms with van der Waals surface area (Å²) in [5.41, 5.74) is 0. The van der Waals surface area contributed by atoms with E-state index < -0.39 is 0 Å². The van der Waals surface area contributed by atoms with Crippen molar-refractivity contribution in [3.63, 3.8) is 0 Å². The molecule has 0 radical (unpaired) electrons. The van der Waals surface area contributed by atoms with Crippen molar-refractivity contribution in [2.75, 3.05) is 19.0 Å². The molecule has 0 atom stereocenters. The van der Waals surface area contributed by atoms with Gasteiger partial charge in [-0.3, -0.25) is 0 Å². The van der Waals surface area contributed by atoms with Crippen LogP contribution in [0.4, 0.5) is 5.95 Å². The molecule has 0 saturated carbocycles. The van der Waals surface area contributed by atoms with E-state index in [0.29, 0.717) is 28.3 Å². The van der Waals surface area contributed by atoms with Crippen molar-refractivity contribution in [3.05, 3.63) is 28.2 Å². The maximum Gasteiger partial charge on any atom is 0.330 e. The fraction of sp³-hybridized carbons (Fsp3) is 0.250. The van der Waals surface area contributed by atoms with Gasteiger partial charge in [0.1, 0.15) is 0 Å². The predicted octanol–water partition coefficient (Wildman–Crippen LogP) is 3.41. The predicted molar refractivity (Wildman–Crippen MR) is 77.1 cm³/mol. The molecule has 0 bridgehead atoms. The molecule has 1 aromatic heterocycles. The number of nitrogens with one attached hydrogen (secondary N) is 1. The minimum atomic E-state index is 0.0666. The summed E-state index contributed by atoms with van der Waals surface area (Å²) in [7, 11) is 1.68. The first kappa shape index (κ1) is 14.6. The summed E-state index contributed by atoms with van der Waals surface area (Å²) in [4.78, 5) is 12.1. The minimum absolute atomic E-state index is 0.0666. The lowest BCUT2D eigenvalue weighted by molar-refractivity contribution is 0.304. The third kappa shape index (κ3) is 3.61. The van der Waals surface area contributed by atoms with Crippen molar-refractivity contribution in [1.29, 1.82) is 0 Å². The quantitative estimate of drug-likeness (QED) is 0.912. The fourth-order valence-electron chi connectivity index (χ4n) is 1.34. The van der Waals surface area contributed by atoms with E-state index in [-0.39, 0.29) is 12.0 Å². The molecule has 8 heteroatoms. The zero-order chi connectivity index (χ0) is 14.5. The third-order valence-electron chi connectivity index (χ3n) is 2.19. The lowest BCUT2D eigenvalue weighted by Gasteiger charge is -2.09. The molecule has 0 unspecified atom stereocenters. The molecule has 106 valence electrons. The Morgan fingerprint density at radius 1 is 1.15 bits per heavy atom. The Morgan fingerprint density at radius 2 is 1.90 bits per heavy atom. The first-order valence-corrected chi connectivity index (χ1v) is 6.57. The highest BCUT2D eigenvalue weighted by atomic mass is 35.5. The van der Waals surface area contributed by atoms with E-state index in [1.165, 1.54) is 0 Å². The van der Waals surface area contributed by atoms with Crippen LogP contribution in [-0.2, 0) is 0 Å². The van der Waals surface area contributed by atoms with Crippen LogP contribution in [0.25, 0.3) is 0 Å². The molecule has 1 N–H and O–H groups in total. The van der Waals surface area contributed by atoms with Crippen LogP contribution >= 0.6 is 23.2 Å². The van der Waals surface area contributed by atoms with Crippen LogP contribution in [0.15, 0.2) is 18.2 Å². The first-order valence-electron chi connectivity index (χ1n) is 5.82. The average molecular weight is 315 g/mol. The largest absolute Gasteiger partial charge is 0.464 e. The lowest BCUT2D eigenvalue weighted by atomic mass is 10.3. The minimum Gasteiger partial charge on any atom is -0.464 e.